The summed E-state index contributed by atoms with van der Waals surface area (Å²) in [5.41, 5.74) is 11.4. The van der Waals surface area contributed by atoms with Crippen LogP contribution >= 0.6 is 0 Å². The van der Waals surface area contributed by atoms with Crippen LogP contribution in [-0.4, -0.2) is 61.4 Å². The number of benzene rings is 2. The van der Waals surface area contributed by atoms with E-state index < -0.39 is 35.2 Å². The van der Waals surface area contributed by atoms with Crippen LogP contribution in [0, 0.1) is 0 Å². The first-order valence-electron chi connectivity index (χ1n) is 10.1. The van der Waals surface area contributed by atoms with Crippen molar-refractivity contribution in [3.63, 3.8) is 0 Å². The molecule has 0 aromatic heterocycles. The number of carbonyl (C=O) groups is 6. The van der Waals surface area contributed by atoms with Gasteiger partial charge in [-0.1, -0.05) is 0 Å². The minimum absolute atomic E-state index is 0.113. The van der Waals surface area contributed by atoms with E-state index in [1.165, 1.54) is 36.4 Å². The van der Waals surface area contributed by atoms with Gasteiger partial charge in [0.15, 0.2) is 11.6 Å². The molecule has 0 bridgehead atoms. The van der Waals surface area contributed by atoms with Gasteiger partial charge in [-0.05, 0) is 36.4 Å². The van der Waals surface area contributed by atoms with E-state index in [2.05, 4.69) is 21.3 Å². The standard InChI is InChI=1S/C22H22N6O6/c23-7-17(29)25-9-19(31)27-11-1-3-13-15(5-11)22(34)14-4-2-12(6-16(14)21(13)33)28-20(32)10-26-18(30)8-24/h1-6H,7-10,23-24H2,(H,25,29)(H,26,30)(H,27,31)(H,28,32). The Balaban J connectivity index is 1.75. The van der Waals surface area contributed by atoms with Crippen LogP contribution in [0.15, 0.2) is 36.4 Å². The highest BCUT2D eigenvalue weighted by atomic mass is 16.2. The summed E-state index contributed by atoms with van der Waals surface area (Å²) in [6.45, 7) is -1.10. The van der Waals surface area contributed by atoms with Gasteiger partial charge in [0.25, 0.3) is 0 Å². The number of nitrogens with one attached hydrogen (secondary N) is 4. The lowest BCUT2D eigenvalue weighted by Crippen LogP contribution is -2.36. The smallest absolute Gasteiger partial charge is 0.243 e. The first kappa shape index (κ1) is 24.2. The van der Waals surface area contributed by atoms with Gasteiger partial charge in [-0.25, -0.2) is 0 Å². The highest BCUT2D eigenvalue weighted by Crippen LogP contribution is 2.30. The Morgan fingerprint density at radius 3 is 1.32 bits per heavy atom. The molecule has 0 saturated carbocycles. The highest BCUT2D eigenvalue weighted by Gasteiger charge is 2.30. The van der Waals surface area contributed by atoms with Gasteiger partial charge in [0.1, 0.15) is 0 Å². The summed E-state index contributed by atoms with van der Waals surface area (Å²) >= 11 is 0. The number of anilines is 2. The molecule has 8 N–H and O–H groups in total. The Kier molecular flexibility index (Phi) is 7.46. The zero-order valence-corrected chi connectivity index (χ0v) is 17.9. The molecule has 0 unspecified atom stereocenters. The largest absolute Gasteiger partial charge is 0.346 e. The molecule has 2 aromatic rings. The minimum Gasteiger partial charge on any atom is -0.346 e. The van der Waals surface area contributed by atoms with E-state index in [1.54, 1.807) is 0 Å². The van der Waals surface area contributed by atoms with Crippen molar-refractivity contribution in [2.75, 3.05) is 36.8 Å². The third-order valence-electron chi connectivity index (χ3n) is 4.85. The van der Waals surface area contributed by atoms with Crippen molar-refractivity contribution >= 4 is 46.6 Å². The minimum atomic E-state index is -0.528. The van der Waals surface area contributed by atoms with E-state index in [4.69, 9.17) is 11.5 Å². The number of carbonyl (C=O) groups excluding carboxylic acids is 6. The summed E-state index contributed by atoms with van der Waals surface area (Å²) < 4.78 is 0. The van der Waals surface area contributed by atoms with Crippen LogP contribution in [0.25, 0.3) is 0 Å². The number of ketones is 2. The second-order valence-electron chi connectivity index (χ2n) is 7.24. The number of fused-ring (bicyclic) bond motifs is 2. The molecule has 4 amide bonds. The Morgan fingerprint density at radius 1 is 0.588 bits per heavy atom. The third-order valence-corrected chi connectivity index (χ3v) is 4.85. The molecule has 12 heteroatoms. The van der Waals surface area contributed by atoms with Crippen molar-refractivity contribution in [1.29, 1.82) is 0 Å². The van der Waals surface area contributed by atoms with E-state index >= 15 is 0 Å². The Hall–Kier alpha value is -4.42. The van der Waals surface area contributed by atoms with Crippen molar-refractivity contribution in [3.8, 4) is 0 Å². The molecule has 0 radical (unpaired) electrons. The number of amides is 4. The van der Waals surface area contributed by atoms with E-state index in [1.807, 2.05) is 0 Å². The average molecular weight is 466 g/mol. The maximum absolute atomic E-state index is 13.0. The van der Waals surface area contributed by atoms with Gasteiger partial charge >= 0.3 is 0 Å². The third kappa shape index (κ3) is 5.49. The topological polar surface area (TPSA) is 203 Å². The van der Waals surface area contributed by atoms with Crippen LogP contribution in [0.2, 0.25) is 0 Å². The van der Waals surface area contributed by atoms with E-state index in [9.17, 15) is 28.8 Å². The van der Waals surface area contributed by atoms with Crippen molar-refractivity contribution < 1.29 is 28.8 Å². The van der Waals surface area contributed by atoms with Crippen LogP contribution in [-0.2, 0) is 19.2 Å². The van der Waals surface area contributed by atoms with Crippen LogP contribution < -0.4 is 32.7 Å². The molecule has 3 rings (SSSR count). The molecule has 1 aliphatic carbocycles. The Morgan fingerprint density at radius 2 is 0.971 bits per heavy atom. The van der Waals surface area contributed by atoms with Gasteiger partial charge in [0.2, 0.25) is 23.6 Å². The molecular weight excluding hydrogens is 444 g/mol. The molecule has 0 fully saturated rings. The molecular formula is C22H22N6O6. The van der Waals surface area contributed by atoms with Crippen molar-refractivity contribution in [2.24, 2.45) is 11.5 Å². The average Bonchev–Trinajstić information content (AvgIpc) is 2.84. The fraction of sp³-hybridized carbons (Fsp3) is 0.182. The van der Waals surface area contributed by atoms with Gasteiger partial charge in [0, 0.05) is 33.6 Å². The highest BCUT2D eigenvalue weighted by molar-refractivity contribution is 6.29. The lowest BCUT2D eigenvalue weighted by atomic mass is 9.83. The Bertz CT molecular complexity index is 1110. The summed E-state index contributed by atoms with van der Waals surface area (Å²) in [7, 11) is 0. The normalized spacial score (nSPS) is 11.7. The van der Waals surface area contributed by atoms with Crippen molar-refractivity contribution in [1.82, 2.24) is 10.6 Å². The number of rotatable bonds is 8. The quantitative estimate of drug-likeness (QED) is 0.230. The number of hydrogen-bond acceptors (Lipinski definition) is 8. The monoisotopic (exact) mass is 466 g/mol. The molecule has 12 nitrogen and oxygen atoms in total. The first-order valence-corrected chi connectivity index (χ1v) is 10.1. The zero-order chi connectivity index (χ0) is 24.8. The summed E-state index contributed by atoms with van der Waals surface area (Å²) in [5, 5.41) is 9.74. The summed E-state index contributed by atoms with van der Waals surface area (Å²) in [6, 6.07) is 8.53. The van der Waals surface area contributed by atoms with Gasteiger partial charge in [-0.3, -0.25) is 28.8 Å². The lowest BCUT2D eigenvalue weighted by Gasteiger charge is -2.19. The summed E-state index contributed by atoms with van der Waals surface area (Å²) in [4.78, 5) is 72.3. The fourth-order valence-corrected chi connectivity index (χ4v) is 3.22. The van der Waals surface area contributed by atoms with Gasteiger partial charge < -0.3 is 32.7 Å². The maximum Gasteiger partial charge on any atom is 0.243 e. The van der Waals surface area contributed by atoms with Gasteiger partial charge in [-0.15, -0.1) is 0 Å². The molecule has 176 valence electrons. The molecule has 2 aromatic carbocycles. The molecule has 0 heterocycles. The fourth-order valence-electron chi connectivity index (χ4n) is 3.22. The van der Waals surface area contributed by atoms with E-state index in [0.717, 1.165) is 0 Å². The first-order chi connectivity index (χ1) is 16.2. The maximum atomic E-state index is 13.0. The molecule has 0 spiro atoms. The van der Waals surface area contributed by atoms with Crippen LogP contribution in [0.1, 0.15) is 31.8 Å². The Labute approximate surface area is 193 Å². The molecule has 0 saturated heterocycles. The molecule has 34 heavy (non-hydrogen) atoms. The number of nitrogens with two attached hydrogens (primary N) is 2. The molecule has 0 aliphatic heterocycles. The van der Waals surface area contributed by atoms with E-state index in [-0.39, 0.29) is 59.8 Å². The van der Waals surface area contributed by atoms with Gasteiger partial charge in [0.05, 0.1) is 26.2 Å². The van der Waals surface area contributed by atoms with Crippen LogP contribution in [0.3, 0.4) is 0 Å². The second kappa shape index (κ2) is 10.5. The second-order valence-corrected chi connectivity index (χ2v) is 7.24. The summed E-state index contributed by atoms with van der Waals surface area (Å²) in [6.07, 6.45) is 0. The number of hydrogen-bond donors (Lipinski definition) is 6. The lowest BCUT2D eigenvalue weighted by molar-refractivity contribution is -0.123. The predicted octanol–water partition coefficient (Wildman–Crippen LogP) is -1.51. The molecule has 0 atom stereocenters. The van der Waals surface area contributed by atoms with Crippen molar-refractivity contribution in [2.45, 2.75) is 0 Å². The predicted molar refractivity (Wildman–Crippen MR) is 121 cm³/mol. The van der Waals surface area contributed by atoms with E-state index in [0.29, 0.717) is 0 Å². The van der Waals surface area contributed by atoms with Gasteiger partial charge in [-0.2, -0.15) is 0 Å². The molecule has 1 aliphatic rings. The van der Waals surface area contributed by atoms with Crippen LogP contribution in [0.5, 0.6) is 0 Å². The zero-order valence-electron chi connectivity index (χ0n) is 17.9. The van der Waals surface area contributed by atoms with Crippen molar-refractivity contribution in [3.05, 3.63) is 58.7 Å². The van der Waals surface area contributed by atoms with Crippen LogP contribution in [0.4, 0.5) is 11.4 Å². The summed E-state index contributed by atoms with van der Waals surface area (Å²) in [5.74, 6) is -2.89. The SMILES string of the molecule is NCC(=O)NCC(=O)Nc1ccc2c(c1)C(=O)c1ccc(NC(=O)CNC(=O)CN)cc1C2=O.